The molecule has 2 N–H and O–H groups in total. The van der Waals surface area contributed by atoms with Gasteiger partial charge >= 0.3 is 0 Å². The zero-order chi connectivity index (χ0) is 15.2. The summed E-state index contributed by atoms with van der Waals surface area (Å²) in [6, 6.07) is 7.53. The summed E-state index contributed by atoms with van der Waals surface area (Å²) in [5, 5.41) is 12.0. The highest BCUT2D eigenvalue weighted by molar-refractivity contribution is 5.78. The highest BCUT2D eigenvalue weighted by atomic mass is 16.5. The van der Waals surface area contributed by atoms with Gasteiger partial charge in [0.1, 0.15) is 5.75 Å². The lowest BCUT2D eigenvalue weighted by molar-refractivity contribution is -0.124. The first-order chi connectivity index (χ1) is 9.34. The van der Waals surface area contributed by atoms with Crippen LogP contribution in [0.2, 0.25) is 0 Å². The molecule has 0 aliphatic carbocycles. The maximum Gasteiger partial charge on any atom is 0.258 e. The lowest BCUT2D eigenvalue weighted by atomic mass is 9.85. The van der Waals surface area contributed by atoms with Crippen LogP contribution in [0.15, 0.2) is 24.3 Å². The molecule has 0 aliphatic heterocycles. The van der Waals surface area contributed by atoms with Crippen LogP contribution >= 0.6 is 0 Å². The monoisotopic (exact) mass is 279 g/mol. The van der Waals surface area contributed by atoms with E-state index < -0.39 is 0 Å². The van der Waals surface area contributed by atoms with E-state index in [1.54, 1.807) is 0 Å². The summed E-state index contributed by atoms with van der Waals surface area (Å²) in [4.78, 5) is 11.9. The second-order valence-electron chi connectivity index (χ2n) is 6.05. The van der Waals surface area contributed by atoms with Crippen LogP contribution in [-0.2, 0) is 4.79 Å². The Kier molecular flexibility index (Phi) is 6.02. The minimum atomic E-state index is -0.165. The molecule has 112 valence electrons. The molecule has 1 rings (SSSR count). The molecule has 4 nitrogen and oxygen atoms in total. The lowest BCUT2D eigenvalue weighted by Crippen LogP contribution is -2.46. The quantitative estimate of drug-likeness (QED) is 0.840. The number of hydrogen-bond acceptors (Lipinski definition) is 3. The summed E-state index contributed by atoms with van der Waals surface area (Å²) < 4.78 is 5.52. The van der Waals surface area contributed by atoms with Crippen LogP contribution in [0.1, 0.15) is 32.8 Å². The van der Waals surface area contributed by atoms with E-state index in [1.807, 2.05) is 52.0 Å². The summed E-state index contributed by atoms with van der Waals surface area (Å²) in [5.41, 5.74) is 0.907. The molecule has 20 heavy (non-hydrogen) atoms. The molecule has 0 spiro atoms. The van der Waals surface area contributed by atoms with Gasteiger partial charge in [-0.05, 0) is 30.4 Å². The van der Waals surface area contributed by atoms with Crippen molar-refractivity contribution in [1.82, 2.24) is 5.32 Å². The van der Waals surface area contributed by atoms with Crippen LogP contribution in [0.3, 0.4) is 0 Å². The fourth-order valence-corrected chi connectivity index (χ4v) is 1.95. The summed E-state index contributed by atoms with van der Waals surface area (Å²) >= 11 is 0. The van der Waals surface area contributed by atoms with Crippen molar-refractivity contribution >= 4 is 5.91 Å². The number of aryl methyl sites for hydroxylation is 1. The van der Waals surface area contributed by atoms with Crippen molar-refractivity contribution in [2.24, 2.45) is 5.41 Å². The van der Waals surface area contributed by atoms with Gasteiger partial charge in [-0.25, -0.2) is 0 Å². The number of carbonyl (C=O) groups excluding carboxylic acids is 1. The van der Waals surface area contributed by atoms with Gasteiger partial charge in [0.05, 0.1) is 0 Å². The molecule has 1 amide bonds. The zero-order valence-electron chi connectivity index (χ0n) is 12.8. The molecular weight excluding hydrogens is 254 g/mol. The van der Waals surface area contributed by atoms with Crippen molar-refractivity contribution in [3.8, 4) is 5.75 Å². The molecule has 0 radical (unpaired) electrons. The first-order valence-corrected chi connectivity index (χ1v) is 6.93. The summed E-state index contributed by atoms with van der Waals surface area (Å²) in [6.45, 7) is 8.10. The molecule has 0 saturated heterocycles. The minimum absolute atomic E-state index is 0.0110. The number of aliphatic hydroxyl groups is 1. The third-order valence-corrected chi connectivity index (χ3v) is 3.25. The van der Waals surface area contributed by atoms with Crippen molar-refractivity contribution in [3.05, 3.63) is 29.8 Å². The van der Waals surface area contributed by atoms with Crippen molar-refractivity contribution < 1.29 is 14.6 Å². The summed E-state index contributed by atoms with van der Waals surface area (Å²) in [6.07, 6.45) is 0.541. The van der Waals surface area contributed by atoms with Crippen LogP contribution in [0, 0.1) is 12.3 Å². The Balaban J connectivity index is 2.52. The SMILES string of the molecule is Cc1ccccc1OCC(=O)NC(CCO)C(C)(C)C. The van der Waals surface area contributed by atoms with Crippen LogP contribution in [0.5, 0.6) is 5.75 Å². The number of ether oxygens (including phenoxy) is 1. The van der Waals surface area contributed by atoms with Gasteiger partial charge in [-0.1, -0.05) is 39.0 Å². The van der Waals surface area contributed by atoms with Crippen LogP contribution in [0.4, 0.5) is 0 Å². The maximum atomic E-state index is 11.9. The van der Waals surface area contributed by atoms with Gasteiger partial charge in [0.15, 0.2) is 6.61 Å². The molecule has 1 atom stereocenters. The predicted octanol–water partition coefficient (Wildman–Crippen LogP) is 2.29. The van der Waals surface area contributed by atoms with Crippen LogP contribution in [-0.4, -0.2) is 30.3 Å². The van der Waals surface area contributed by atoms with Gasteiger partial charge in [-0.15, -0.1) is 0 Å². The number of rotatable bonds is 6. The molecule has 4 heteroatoms. The fourth-order valence-electron chi connectivity index (χ4n) is 1.95. The number of nitrogens with one attached hydrogen (secondary N) is 1. The Bertz CT molecular complexity index is 438. The van der Waals surface area contributed by atoms with E-state index in [0.29, 0.717) is 6.42 Å². The second-order valence-corrected chi connectivity index (χ2v) is 6.05. The standard InChI is InChI=1S/C16H25NO3/c1-12-7-5-6-8-13(12)20-11-15(19)17-14(9-10-18)16(2,3)4/h5-8,14,18H,9-11H2,1-4H3,(H,17,19). The number of hydrogen-bond donors (Lipinski definition) is 2. The van der Waals surface area contributed by atoms with E-state index in [0.717, 1.165) is 11.3 Å². The van der Waals surface area contributed by atoms with Crippen molar-refractivity contribution in [2.45, 2.75) is 40.2 Å². The molecule has 0 aromatic heterocycles. The third kappa shape index (κ3) is 5.21. The van der Waals surface area contributed by atoms with Crippen LogP contribution < -0.4 is 10.1 Å². The van der Waals surface area contributed by atoms with Crippen molar-refractivity contribution in [3.63, 3.8) is 0 Å². The van der Waals surface area contributed by atoms with Crippen LogP contribution in [0.25, 0.3) is 0 Å². The molecule has 0 aliphatic rings. The van der Waals surface area contributed by atoms with E-state index >= 15 is 0 Å². The van der Waals surface area contributed by atoms with Gasteiger partial charge < -0.3 is 15.2 Å². The molecular formula is C16H25NO3. The van der Waals surface area contributed by atoms with Crippen molar-refractivity contribution in [1.29, 1.82) is 0 Å². The van der Waals surface area contributed by atoms with E-state index in [1.165, 1.54) is 0 Å². The molecule has 0 bridgehead atoms. The van der Waals surface area contributed by atoms with Gasteiger partial charge in [0, 0.05) is 12.6 Å². The molecule has 0 heterocycles. The van der Waals surface area contributed by atoms with E-state index in [2.05, 4.69) is 5.32 Å². The van der Waals surface area contributed by atoms with Crippen molar-refractivity contribution in [2.75, 3.05) is 13.2 Å². The topological polar surface area (TPSA) is 58.6 Å². The summed E-state index contributed by atoms with van der Waals surface area (Å²) in [5.74, 6) is 0.554. The Morgan fingerprint density at radius 1 is 1.35 bits per heavy atom. The Labute approximate surface area is 121 Å². The number of carbonyl (C=O) groups is 1. The highest BCUT2D eigenvalue weighted by Gasteiger charge is 2.25. The number of amides is 1. The number of para-hydroxylation sites is 1. The van der Waals surface area contributed by atoms with Gasteiger partial charge in [-0.2, -0.15) is 0 Å². The van der Waals surface area contributed by atoms with E-state index in [9.17, 15) is 4.79 Å². The van der Waals surface area contributed by atoms with Gasteiger partial charge in [-0.3, -0.25) is 4.79 Å². The minimum Gasteiger partial charge on any atom is -0.484 e. The molecule has 1 aromatic rings. The second kappa shape index (κ2) is 7.29. The molecule has 0 saturated carbocycles. The van der Waals surface area contributed by atoms with Gasteiger partial charge in [0.2, 0.25) is 0 Å². The Hall–Kier alpha value is -1.55. The summed E-state index contributed by atoms with van der Waals surface area (Å²) in [7, 11) is 0. The Morgan fingerprint density at radius 2 is 2.00 bits per heavy atom. The average molecular weight is 279 g/mol. The van der Waals surface area contributed by atoms with Gasteiger partial charge in [0.25, 0.3) is 5.91 Å². The maximum absolute atomic E-state index is 11.9. The predicted molar refractivity (Wildman–Crippen MR) is 79.8 cm³/mol. The fraction of sp³-hybridized carbons (Fsp3) is 0.562. The smallest absolute Gasteiger partial charge is 0.258 e. The average Bonchev–Trinajstić information content (AvgIpc) is 2.36. The largest absolute Gasteiger partial charge is 0.484 e. The number of benzene rings is 1. The zero-order valence-corrected chi connectivity index (χ0v) is 12.8. The molecule has 1 aromatic carbocycles. The highest BCUT2D eigenvalue weighted by Crippen LogP contribution is 2.21. The Morgan fingerprint density at radius 3 is 2.55 bits per heavy atom. The molecule has 1 unspecified atom stereocenters. The van der Waals surface area contributed by atoms with E-state index in [4.69, 9.17) is 9.84 Å². The normalized spacial score (nSPS) is 12.8. The van der Waals surface area contributed by atoms with E-state index in [-0.39, 0.29) is 30.6 Å². The lowest BCUT2D eigenvalue weighted by Gasteiger charge is -2.31. The molecule has 0 fully saturated rings. The first-order valence-electron chi connectivity index (χ1n) is 6.93. The third-order valence-electron chi connectivity index (χ3n) is 3.25. The first kappa shape index (κ1) is 16.5. The number of aliphatic hydroxyl groups excluding tert-OH is 1.